The first-order chi connectivity index (χ1) is 12.4. The van der Waals surface area contributed by atoms with E-state index in [2.05, 4.69) is 5.32 Å². The summed E-state index contributed by atoms with van der Waals surface area (Å²) in [5, 5.41) is 13.5. The molecule has 0 unspecified atom stereocenters. The van der Waals surface area contributed by atoms with Crippen LogP contribution in [-0.4, -0.2) is 29.5 Å². The zero-order valence-electron chi connectivity index (χ0n) is 14.3. The lowest BCUT2D eigenvalue weighted by Gasteiger charge is -2.15. The summed E-state index contributed by atoms with van der Waals surface area (Å²) in [6, 6.07) is 12.1. The maximum absolute atomic E-state index is 12.3. The molecule has 0 fully saturated rings. The largest absolute Gasteiger partial charge is 0.481 e. The van der Waals surface area contributed by atoms with Crippen LogP contribution in [0.1, 0.15) is 24.2 Å². The molecule has 136 valence electrons. The summed E-state index contributed by atoms with van der Waals surface area (Å²) in [5.74, 6) is -0.739. The van der Waals surface area contributed by atoms with Crippen molar-refractivity contribution in [2.24, 2.45) is 0 Å². The Balaban J connectivity index is 2.07. The molecular weight excluding hydrogens is 340 g/mol. The van der Waals surface area contributed by atoms with Crippen LogP contribution < -0.4 is 10.1 Å². The first-order valence-corrected chi connectivity index (χ1v) is 7.90. The molecule has 0 radical (unpaired) electrons. The van der Waals surface area contributed by atoms with E-state index >= 15 is 0 Å². The summed E-state index contributed by atoms with van der Waals surface area (Å²) in [6.45, 7) is 3.45. The maximum Gasteiger partial charge on any atom is 0.338 e. The van der Waals surface area contributed by atoms with E-state index in [0.717, 1.165) is 0 Å². The summed E-state index contributed by atoms with van der Waals surface area (Å²) < 4.78 is 10.4. The molecule has 0 bridgehead atoms. The van der Waals surface area contributed by atoms with Gasteiger partial charge in [0.2, 0.25) is 0 Å². The molecule has 0 saturated heterocycles. The van der Waals surface area contributed by atoms with Gasteiger partial charge in [-0.05, 0) is 38.1 Å². The third-order valence-corrected chi connectivity index (χ3v) is 3.39. The molecule has 0 aliphatic rings. The van der Waals surface area contributed by atoms with Crippen molar-refractivity contribution in [1.82, 2.24) is 0 Å². The van der Waals surface area contributed by atoms with E-state index in [-0.39, 0.29) is 18.0 Å². The molecule has 0 aromatic heterocycles. The second-order valence-corrected chi connectivity index (χ2v) is 5.27. The Labute approximate surface area is 149 Å². The van der Waals surface area contributed by atoms with E-state index in [0.29, 0.717) is 11.3 Å². The van der Waals surface area contributed by atoms with Crippen LogP contribution in [0.25, 0.3) is 0 Å². The number of esters is 1. The van der Waals surface area contributed by atoms with Crippen molar-refractivity contribution in [3.63, 3.8) is 0 Å². The van der Waals surface area contributed by atoms with Crippen molar-refractivity contribution in [2.45, 2.75) is 20.0 Å². The number of ether oxygens (including phenoxy) is 2. The minimum absolute atomic E-state index is 0.0817. The second-order valence-electron chi connectivity index (χ2n) is 5.27. The Hall–Kier alpha value is -3.42. The number of nitro benzene ring substituents is 1. The molecule has 8 nitrogen and oxygen atoms in total. The van der Waals surface area contributed by atoms with Crippen LogP contribution in [0, 0.1) is 10.1 Å². The van der Waals surface area contributed by atoms with Gasteiger partial charge in [0, 0.05) is 6.07 Å². The molecule has 0 spiro atoms. The van der Waals surface area contributed by atoms with Crippen molar-refractivity contribution in [3.8, 4) is 5.75 Å². The molecule has 0 saturated carbocycles. The Kier molecular flexibility index (Phi) is 6.26. The lowest BCUT2D eigenvalue weighted by Crippen LogP contribution is -2.30. The zero-order chi connectivity index (χ0) is 19.1. The van der Waals surface area contributed by atoms with Gasteiger partial charge in [-0.2, -0.15) is 0 Å². The number of amides is 1. The highest BCUT2D eigenvalue weighted by molar-refractivity contribution is 5.96. The first-order valence-electron chi connectivity index (χ1n) is 7.90. The number of anilines is 1. The zero-order valence-corrected chi connectivity index (χ0v) is 14.3. The lowest BCUT2D eigenvalue weighted by atomic mass is 10.2. The number of carbonyl (C=O) groups is 2. The fourth-order valence-corrected chi connectivity index (χ4v) is 2.14. The molecule has 26 heavy (non-hydrogen) atoms. The molecule has 8 heteroatoms. The standard InChI is InChI=1S/C18H18N2O6/c1-3-25-18(22)13-7-6-8-14(11-13)26-12(2)17(21)19-15-9-4-5-10-16(15)20(23)24/h4-12H,3H2,1-2H3,(H,19,21)/t12-/m1/s1. The number of carbonyl (C=O) groups excluding carboxylic acids is 2. The third-order valence-electron chi connectivity index (χ3n) is 3.39. The van der Waals surface area contributed by atoms with Gasteiger partial charge in [0.25, 0.3) is 11.6 Å². The van der Waals surface area contributed by atoms with Gasteiger partial charge in [0.1, 0.15) is 11.4 Å². The van der Waals surface area contributed by atoms with Crippen LogP contribution in [0.2, 0.25) is 0 Å². The van der Waals surface area contributed by atoms with Crippen molar-refractivity contribution in [1.29, 1.82) is 0 Å². The predicted octanol–water partition coefficient (Wildman–Crippen LogP) is 3.18. The topological polar surface area (TPSA) is 108 Å². The minimum atomic E-state index is -0.938. The smallest absolute Gasteiger partial charge is 0.338 e. The highest BCUT2D eigenvalue weighted by atomic mass is 16.6. The Morgan fingerprint density at radius 2 is 1.92 bits per heavy atom. The number of benzene rings is 2. The Morgan fingerprint density at radius 1 is 1.19 bits per heavy atom. The first kappa shape index (κ1) is 18.9. The average molecular weight is 358 g/mol. The number of para-hydroxylation sites is 2. The molecule has 1 atom stereocenters. The highest BCUT2D eigenvalue weighted by Crippen LogP contribution is 2.24. The number of hydrogen-bond donors (Lipinski definition) is 1. The van der Waals surface area contributed by atoms with E-state index < -0.39 is 22.9 Å². The van der Waals surface area contributed by atoms with Crippen LogP contribution in [0.5, 0.6) is 5.75 Å². The molecule has 2 aromatic carbocycles. The summed E-state index contributed by atoms with van der Waals surface area (Å²) in [6.07, 6.45) is -0.938. The molecule has 0 aliphatic heterocycles. The fourth-order valence-electron chi connectivity index (χ4n) is 2.14. The molecular formula is C18H18N2O6. The van der Waals surface area contributed by atoms with Crippen molar-refractivity contribution in [3.05, 3.63) is 64.2 Å². The van der Waals surface area contributed by atoms with Crippen LogP contribution >= 0.6 is 0 Å². The van der Waals surface area contributed by atoms with Crippen LogP contribution in [-0.2, 0) is 9.53 Å². The quantitative estimate of drug-likeness (QED) is 0.463. The molecule has 2 aromatic rings. The fraction of sp³-hybridized carbons (Fsp3) is 0.222. The van der Waals surface area contributed by atoms with Gasteiger partial charge in [-0.3, -0.25) is 14.9 Å². The van der Waals surface area contributed by atoms with E-state index in [1.807, 2.05) is 0 Å². The molecule has 0 aliphatic carbocycles. The molecule has 1 amide bonds. The van der Waals surface area contributed by atoms with Gasteiger partial charge in [-0.25, -0.2) is 4.79 Å². The van der Waals surface area contributed by atoms with E-state index in [1.54, 1.807) is 31.2 Å². The molecule has 2 rings (SSSR count). The second kappa shape index (κ2) is 8.61. The number of hydrogen-bond acceptors (Lipinski definition) is 6. The monoisotopic (exact) mass is 358 g/mol. The number of nitrogens with one attached hydrogen (secondary N) is 1. The average Bonchev–Trinajstić information content (AvgIpc) is 2.62. The van der Waals surface area contributed by atoms with E-state index in [1.165, 1.54) is 31.2 Å². The van der Waals surface area contributed by atoms with Gasteiger partial charge >= 0.3 is 5.97 Å². The molecule has 0 heterocycles. The van der Waals surface area contributed by atoms with Crippen molar-refractivity contribution in [2.75, 3.05) is 11.9 Å². The molecule has 1 N–H and O–H groups in total. The number of nitro groups is 1. The van der Waals surface area contributed by atoms with Gasteiger partial charge in [-0.1, -0.05) is 18.2 Å². The third kappa shape index (κ3) is 4.79. The van der Waals surface area contributed by atoms with Crippen molar-refractivity contribution >= 4 is 23.3 Å². The van der Waals surface area contributed by atoms with Gasteiger partial charge < -0.3 is 14.8 Å². The summed E-state index contributed by atoms with van der Waals surface area (Å²) in [5.41, 5.74) is 0.172. The Bertz CT molecular complexity index is 821. The van der Waals surface area contributed by atoms with Gasteiger partial charge in [0.15, 0.2) is 6.10 Å². The van der Waals surface area contributed by atoms with Crippen LogP contribution in [0.4, 0.5) is 11.4 Å². The summed E-state index contributed by atoms with van der Waals surface area (Å²) in [7, 11) is 0. The number of rotatable bonds is 7. The highest BCUT2D eigenvalue weighted by Gasteiger charge is 2.20. The maximum atomic E-state index is 12.3. The number of nitrogens with zero attached hydrogens (tertiary/aromatic N) is 1. The minimum Gasteiger partial charge on any atom is -0.481 e. The SMILES string of the molecule is CCOC(=O)c1cccc(O[C@H](C)C(=O)Nc2ccccc2[N+](=O)[O-])c1. The van der Waals surface area contributed by atoms with Crippen LogP contribution in [0.3, 0.4) is 0 Å². The van der Waals surface area contributed by atoms with E-state index in [9.17, 15) is 19.7 Å². The summed E-state index contributed by atoms with van der Waals surface area (Å²) in [4.78, 5) is 34.4. The Morgan fingerprint density at radius 3 is 2.62 bits per heavy atom. The van der Waals surface area contributed by atoms with Gasteiger partial charge in [0.05, 0.1) is 17.1 Å². The van der Waals surface area contributed by atoms with Crippen molar-refractivity contribution < 1.29 is 24.0 Å². The van der Waals surface area contributed by atoms with E-state index in [4.69, 9.17) is 9.47 Å². The lowest BCUT2D eigenvalue weighted by molar-refractivity contribution is -0.383. The summed E-state index contributed by atoms with van der Waals surface area (Å²) >= 11 is 0. The normalized spacial score (nSPS) is 11.3. The predicted molar refractivity (Wildman–Crippen MR) is 94.2 cm³/mol. The van der Waals surface area contributed by atoms with Gasteiger partial charge in [-0.15, -0.1) is 0 Å². The van der Waals surface area contributed by atoms with Crippen LogP contribution in [0.15, 0.2) is 48.5 Å².